The third-order valence-electron chi connectivity index (χ3n) is 4.32. The topological polar surface area (TPSA) is 116 Å². The number of carbonyl (C=O) groups excluding carboxylic acids is 3. The molecule has 2 amide bonds. The number of esters is 1. The number of ether oxygens (including phenoxy) is 2. The van der Waals surface area contributed by atoms with E-state index in [-0.39, 0.29) is 23.3 Å². The summed E-state index contributed by atoms with van der Waals surface area (Å²) in [5.41, 5.74) is 1.49. The number of nitro groups is 1. The highest BCUT2D eigenvalue weighted by Crippen LogP contribution is 2.33. The van der Waals surface area contributed by atoms with Crippen LogP contribution in [0.25, 0.3) is 6.08 Å². The Balaban J connectivity index is 1.65. The highest BCUT2D eigenvalue weighted by Gasteiger charge is 2.36. The van der Waals surface area contributed by atoms with Crippen molar-refractivity contribution in [3.05, 3.63) is 72.2 Å². The van der Waals surface area contributed by atoms with Crippen LogP contribution >= 0.6 is 34.4 Å². The van der Waals surface area contributed by atoms with Gasteiger partial charge in [0.25, 0.3) is 16.8 Å². The van der Waals surface area contributed by atoms with E-state index >= 15 is 0 Å². The van der Waals surface area contributed by atoms with Crippen LogP contribution < -0.4 is 4.74 Å². The van der Waals surface area contributed by atoms with E-state index in [0.29, 0.717) is 11.3 Å². The van der Waals surface area contributed by atoms with E-state index in [1.54, 1.807) is 50.3 Å². The number of nitro benzene ring substituents is 1. The molecule has 2 aromatic rings. The van der Waals surface area contributed by atoms with Gasteiger partial charge in [-0.2, -0.15) is 0 Å². The number of hydrogen-bond acceptors (Lipinski definition) is 8. The summed E-state index contributed by atoms with van der Waals surface area (Å²) in [6.45, 7) is 3.19. The van der Waals surface area contributed by atoms with Crippen LogP contribution in [-0.2, 0) is 20.9 Å². The molecule has 33 heavy (non-hydrogen) atoms. The van der Waals surface area contributed by atoms with Crippen molar-refractivity contribution in [2.24, 2.45) is 0 Å². The van der Waals surface area contributed by atoms with Crippen molar-refractivity contribution in [3.8, 4) is 5.75 Å². The van der Waals surface area contributed by atoms with Crippen molar-refractivity contribution in [2.75, 3.05) is 6.54 Å². The molecule has 3 rings (SSSR count). The first-order chi connectivity index (χ1) is 15.6. The summed E-state index contributed by atoms with van der Waals surface area (Å²) >= 11 is 2.86. The summed E-state index contributed by atoms with van der Waals surface area (Å²) in [5, 5.41) is 10.2. The molecule has 0 spiro atoms. The van der Waals surface area contributed by atoms with Gasteiger partial charge in [0.2, 0.25) is 0 Å². The smallest absolute Gasteiger partial charge is 0.326 e. The molecule has 0 aromatic heterocycles. The molecule has 0 saturated carbocycles. The largest absolute Gasteiger partial charge is 0.488 e. The van der Waals surface area contributed by atoms with Crippen LogP contribution in [0.15, 0.2) is 47.4 Å². The zero-order valence-electron chi connectivity index (χ0n) is 17.6. The number of halogens is 1. The standard InChI is InChI=1S/C22H19IN2O7S/c1-13(2)32-20(26)11-24-21(27)19(33-22(24)28)10-15-5-8-18(17(23)9-15)31-12-14-3-6-16(7-4-14)25(29)30/h3-10,13H,11-12H2,1-2H3/b19-10+. The second-order valence-corrected chi connectivity index (χ2v) is 9.36. The lowest BCUT2D eigenvalue weighted by molar-refractivity contribution is -0.384. The molecule has 1 fully saturated rings. The number of benzene rings is 2. The highest BCUT2D eigenvalue weighted by atomic mass is 127. The van der Waals surface area contributed by atoms with Crippen molar-refractivity contribution in [1.82, 2.24) is 4.90 Å². The Kier molecular flexibility index (Phi) is 8.08. The summed E-state index contributed by atoms with van der Waals surface area (Å²) in [6, 6.07) is 11.4. The Morgan fingerprint density at radius 2 is 1.91 bits per heavy atom. The van der Waals surface area contributed by atoms with Gasteiger partial charge in [-0.1, -0.05) is 6.07 Å². The van der Waals surface area contributed by atoms with Gasteiger partial charge in [0.15, 0.2) is 0 Å². The van der Waals surface area contributed by atoms with Gasteiger partial charge < -0.3 is 9.47 Å². The summed E-state index contributed by atoms with van der Waals surface area (Å²) in [7, 11) is 0. The van der Waals surface area contributed by atoms with Gasteiger partial charge >= 0.3 is 5.97 Å². The lowest BCUT2D eigenvalue weighted by Gasteiger charge is -2.13. The van der Waals surface area contributed by atoms with E-state index in [9.17, 15) is 24.5 Å². The Hall–Kier alpha value is -2.93. The van der Waals surface area contributed by atoms with Crippen molar-refractivity contribution in [2.45, 2.75) is 26.6 Å². The molecule has 0 aliphatic carbocycles. The summed E-state index contributed by atoms with van der Waals surface area (Å²) in [6.07, 6.45) is 1.25. The maximum Gasteiger partial charge on any atom is 0.326 e. The second-order valence-electron chi connectivity index (χ2n) is 7.21. The molecule has 1 aliphatic rings. The first-order valence-electron chi connectivity index (χ1n) is 9.74. The minimum absolute atomic E-state index is 0.0129. The predicted molar refractivity (Wildman–Crippen MR) is 130 cm³/mol. The van der Waals surface area contributed by atoms with Crippen LogP contribution in [0.2, 0.25) is 0 Å². The Labute approximate surface area is 207 Å². The molecule has 1 saturated heterocycles. The number of thioether (sulfide) groups is 1. The number of imide groups is 1. The van der Waals surface area contributed by atoms with Gasteiger partial charge in [0.1, 0.15) is 18.9 Å². The lowest BCUT2D eigenvalue weighted by Crippen LogP contribution is -2.35. The monoisotopic (exact) mass is 582 g/mol. The molecule has 172 valence electrons. The molecule has 1 heterocycles. The number of hydrogen-bond donors (Lipinski definition) is 0. The second kappa shape index (κ2) is 10.8. The van der Waals surface area contributed by atoms with E-state index < -0.39 is 28.6 Å². The number of rotatable bonds is 8. The molecule has 0 atom stereocenters. The molecule has 9 nitrogen and oxygen atoms in total. The molecule has 11 heteroatoms. The normalized spacial score (nSPS) is 14.8. The molecule has 0 radical (unpaired) electrons. The average Bonchev–Trinajstić information content (AvgIpc) is 3.00. The van der Waals surface area contributed by atoms with Crippen LogP contribution in [0.5, 0.6) is 5.75 Å². The molecule has 0 bridgehead atoms. The lowest BCUT2D eigenvalue weighted by atomic mass is 10.2. The molecule has 2 aromatic carbocycles. The maximum absolute atomic E-state index is 12.6. The maximum atomic E-state index is 12.6. The van der Waals surface area contributed by atoms with Crippen molar-refractivity contribution < 1.29 is 28.8 Å². The van der Waals surface area contributed by atoms with Crippen LogP contribution in [0.1, 0.15) is 25.0 Å². The van der Waals surface area contributed by atoms with E-state index in [1.807, 2.05) is 0 Å². The predicted octanol–water partition coefficient (Wildman–Crippen LogP) is 4.77. The van der Waals surface area contributed by atoms with E-state index in [2.05, 4.69) is 22.6 Å². The fourth-order valence-corrected chi connectivity index (χ4v) is 4.35. The zero-order valence-corrected chi connectivity index (χ0v) is 20.6. The number of nitrogens with zero attached hydrogens (tertiary/aromatic N) is 2. The summed E-state index contributed by atoms with van der Waals surface area (Å²) in [4.78, 5) is 47.9. The van der Waals surface area contributed by atoms with Crippen molar-refractivity contribution >= 4 is 63.2 Å². The van der Waals surface area contributed by atoms with Gasteiger partial charge in [0, 0.05) is 12.1 Å². The third kappa shape index (κ3) is 6.54. The Morgan fingerprint density at radius 3 is 2.52 bits per heavy atom. The molecular formula is C22H19IN2O7S. The van der Waals surface area contributed by atoms with Crippen LogP contribution in [-0.4, -0.2) is 39.6 Å². The molecule has 1 aliphatic heterocycles. The van der Waals surface area contributed by atoms with Gasteiger partial charge in [0.05, 0.1) is 19.5 Å². The van der Waals surface area contributed by atoms with Crippen LogP contribution in [0.4, 0.5) is 10.5 Å². The zero-order chi connectivity index (χ0) is 24.1. The van der Waals surface area contributed by atoms with E-state index in [1.165, 1.54) is 12.1 Å². The first kappa shape index (κ1) is 24.7. The minimum atomic E-state index is -0.641. The fourth-order valence-electron chi connectivity index (χ4n) is 2.82. The first-order valence-corrected chi connectivity index (χ1v) is 11.6. The quantitative estimate of drug-likeness (QED) is 0.144. The van der Waals surface area contributed by atoms with Gasteiger partial charge in [-0.05, 0) is 89.7 Å². The minimum Gasteiger partial charge on any atom is -0.488 e. The summed E-state index contributed by atoms with van der Waals surface area (Å²) in [5.74, 6) is -0.576. The van der Waals surface area contributed by atoms with E-state index in [0.717, 1.165) is 25.8 Å². The van der Waals surface area contributed by atoms with Crippen LogP contribution in [0, 0.1) is 13.7 Å². The average molecular weight is 582 g/mol. The van der Waals surface area contributed by atoms with Gasteiger partial charge in [-0.3, -0.25) is 29.4 Å². The molecular weight excluding hydrogens is 563 g/mol. The summed E-state index contributed by atoms with van der Waals surface area (Å²) < 4.78 is 11.6. The molecule has 0 unspecified atom stereocenters. The Bertz CT molecular complexity index is 1130. The third-order valence-corrected chi connectivity index (χ3v) is 6.07. The number of carbonyl (C=O) groups is 3. The SMILES string of the molecule is CC(C)OC(=O)CN1C(=O)S/C(=C/c2ccc(OCc3ccc([N+](=O)[O-])cc3)c(I)c2)C1=O. The van der Waals surface area contributed by atoms with Gasteiger partial charge in [-0.25, -0.2) is 0 Å². The number of amides is 2. The highest BCUT2D eigenvalue weighted by molar-refractivity contribution is 14.1. The van der Waals surface area contributed by atoms with Gasteiger partial charge in [-0.15, -0.1) is 0 Å². The van der Waals surface area contributed by atoms with E-state index in [4.69, 9.17) is 9.47 Å². The van der Waals surface area contributed by atoms with Crippen molar-refractivity contribution in [1.29, 1.82) is 0 Å². The fraction of sp³-hybridized carbons (Fsp3) is 0.227. The van der Waals surface area contributed by atoms with Crippen LogP contribution in [0.3, 0.4) is 0 Å². The van der Waals surface area contributed by atoms with Crippen molar-refractivity contribution in [3.63, 3.8) is 0 Å². The number of non-ortho nitro benzene ring substituents is 1. The molecule has 0 N–H and O–H groups in total. The Morgan fingerprint density at radius 1 is 1.21 bits per heavy atom.